The van der Waals surface area contributed by atoms with E-state index in [-0.39, 0.29) is 32.9 Å². The summed E-state index contributed by atoms with van der Waals surface area (Å²) in [6, 6.07) is 0. The van der Waals surface area contributed by atoms with Crippen LogP contribution in [0, 0.1) is 0 Å². The van der Waals surface area contributed by atoms with Crippen molar-refractivity contribution >= 4 is 28.1 Å². The van der Waals surface area contributed by atoms with E-state index in [9.17, 15) is 7.61 Å². The molecule has 0 aromatic rings. The van der Waals surface area contributed by atoms with Gasteiger partial charge in [-0.3, -0.25) is 0 Å². The molecule has 0 bridgehead atoms. The summed E-state index contributed by atoms with van der Waals surface area (Å²) >= 11 is 4.67. The summed E-state index contributed by atoms with van der Waals surface area (Å²) in [4.78, 5) is 0. The molecule has 0 aromatic carbocycles. The number of rotatable bonds is 0. The Morgan fingerprint density at radius 1 is 0.636 bits per heavy atom. The van der Waals surface area contributed by atoms with E-state index in [1.807, 2.05) is 0 Å². The molecule has 80 valence electrons. The van der Waals surface area contributed by atoms with Crippen LogP contribution in [0.25, 0.3) is 0 Å². The maximum absolute atomic E-state index is 9.54. The molecule has 0 aromatic heterocycles. The number of hydrogen-bond acceptors (Lipinski definition) is 2. The SMILES string of the molecule is O.O.O.O.O.O.[O]=[Cr](=[O])([Br])[Br]. The average molecular weight is 352 g/mol. The predicted octanol–water partition coefficient (Wildman–Crippen LogP) is -3.50. The van der Waals surface area contributed by atoms with Crippen LogP contribution >= 0.6 is 28.1 Å². The molecule has 12 N–H and O–H groups in total. The summed E-state index contributed by atoms with van der Waals surface area (Å²) in [6.07, 6.45) is 0. The third-order valence-corrected chi connectivity index (χ3v) is 0. The van der Waals surface area contributed by atoms with Crippen molar-refractivity contribution in [3.8, 4) is 0 Å². The summed E-state index contributed by atoms with van der Waals surface area (Å²) < 4.78 is 19.1. The predicted molar refractivity (Wildman–Crippen MR) is 40.9 cm³/mol. The van der Waals surface area contributed by atoms with Gasteiger partial charge in [-0.05, 0) is 0 Å². The van der Waals surface area contributed by atoms with Crippen molar-refractivity contribution < 1.29 is 49.8 Å². The fourth-order valence-corrected chi connectivity index (χ4v) is 0. The average Bonchev–Trinajstić information content (AvgIpc) is 0.722. The van der Waals surface area contributed by atoms with Gasteiger partial charge in [0.05, 0.1) is 0 Å². The van der Waals surface area contributed by atoms with E-state index in [2.05, 4.69) is 28.1 Å². The fraction of sp³-hybridized carbons (Fsp3) is 0. The summed E-state index contributed by atoms with van der Waals surface area (Å²) in [5, 5.41) is 0. The molecule has 0 heterocycles. The van der Waals surface area contributed by atoms with Crippen LogP contribution in [0.1, 0.15) is 0 Å². The van der Waals surface area contributed by atoms with Gasteiger partial charge in [0.25, 0.3) is 0 Å². The molecule has 0 saturated carbocycles. The monoisotopic (exact) mass is 350 g/mol. The van der Waals surface area contributed by atoms with Crippen molar-refractivity contribution in [3.05, 3.63) is 0 Å². The minimum atomic E-state index is -3.62. The molecule has 0 amide bonds. The molecule has 0 unspecified atom stereocenters. The van der Waals surface area contributed by atoms with Gasteiger partial charge in [0.2, 0.25) is 0 Å². The van der Waals surface area contributed by atoms with Crippen LogP contribution in [-0.2, 0) is 16.9 Å². The second-order valence-corrected chi connectivity index (χ2v) is 12.2. The van der Waals surface area contributed by atoms with Crippen LogP contribution in [0.2, 0.25) is 0 Å². The second-order valence-electron chi connectivity index (χ2n) is 0.378. The van der Waals surface area contributed by atoms with Gasteiger partial charge in [0, 0.05) is 0 Å². The van der Waals surface area contributed by atoms with Gasteiger partial charge in [-0.2, -0.15) is 0 Å². The van der Waals surface area contributed by atoms with E-state index < -0.39 is 9.29 Å². The molecule has 0 aliphatic carbocycles. The van der Waals surface area contributed by atoms with Crippen molar-refractivity contribution in [3.63, 3.8) is 0 Å². The summed E-state index contributed by atoms with van der Waals surface area (Å²) in [5.41, 5.74) is 0. The van der Waals surface area contributed by atoms with Crippen LogP contribution in [0.15, 0.2) is 0 Å². The zero-order valence-corrected chi connectivity index (χ0v) is 9.43. The van der Waals surface area contributed by atoms with Gasteiger partial charge in [0.1, 0.15) is 0 Å². The van der Waals surface area contributed by atoms with Gasteiger partial charge < -0.3 is 32.9 Å². The molecule has 11 heavy (non-hydrogen) atoms. The molecule has 0 spiro atoms. The third-order valence-electron chi connectivity index (χ3n) is 0. The molecule has 0 radical (unpaired) electrons. The van der Waals surface area contributed by atoms with Gasteiger partial charge in [-0.15, -0.1) is 0 Å². The molecule has 11 heteroatoms. The molecule has 8 nitrogen and oxygen atoms in total. The first-order chi connectivity index (χ1) is 2.00. The Kier molecular flexibility index (Phi) is 121. The molecule has 0 rings (SSSR count). The van der Waals surface area contributed by atoms with Crippen LogP contribution < -0.4 is 0 Å². The van der Waals surface area contributed by atoms with Gasteiger partial charge in [-0.1, -0.05) is 0 Å². The van der Waals surface area contributed by atoms with Gasteiger partial charge in [-0.25, -0.2) is 0 Å². The standard InChI is InChI=1S/2BrH.Cr.6H2O.2O/h2*1H;;6*1H2;;/q;;+2;;;;;;;;/p-2. The molecule has 0 aliphatic heterocycles. The summed E-state index contributed by atoms with van der Waals surface area (Å²) in [7, 11) is -3.62. The maximum atomic E-state index is 9.54. The van der Waals surface area contributed by atoms with Crippen LogP contribution in [0.4, 0.5) is 0 Å². The van der Waals surface area contributed by atoms with Crippen molar-refractivity contribution in [2.24, 2.45) is 0 Å². The third kappa shape index (κ3) is 1170. The quantitative estimate of drug-likeness (QED) is 0.432. The Balaban J connectivity index is -0.00000000533. The van der Waals surface area contributed by atoms with Crippen molar-refractivity contribution in [2.75, 3.05) is 0 Å². The number of hydrogen-bond donors (Lipinski definition) is 0. The Morgan fingerprint density at radius 3 is 0.636 bits per heavy atom. The molecular weight excluding hydrogens is 340 g/mol. The normalized spacial score (nSPS) is 5.27. The van der Waals surface area contributed by atoms with E-state index in [1.165, 1.54) is 0 Å². The van der Waals surface area contributed by atoms with Crippen LogP contribution in [0.3, 0.4) is 0 Å². The zero-order chi connectivity index (χ0) is 4.50. The Labute approximate surface area is 77.8 Å². The zero-order valence-electron chi connectivity index (χ0n) is 4.98. The number of halogens is 2. The van der Waals surface area contributed by atoms with E-state index in [0.29, 0.717) is 0 Å². The molecule has 0 saturated heterocycles. The minimum absolute atomic E-state index is 0. The first kappa shape index (κ1) is 59.3. The fourth-order valence-electron chi connectivity index (χ4n) is 0. The first-order valence-corrected chi connectivity index (χ1v) is 7.99. The summed E-state index contributed by atoms with van der Waals surface area (Å²) in [6.45, 7) is 0. The van der Waals surface area contributed by atoms with Crippen molar-refractivity contribution in [1.82, 2.24) is 0 Å². The van der Waals surface area contributed by atoms with Crippen LogP contribution in [0.5, 0.6) is 0 Å². The van der Waals surface area contributed by atoms with Crippen molar-refractivity contribution in [2.45, 2.75) is 0 Å². The molecule has 0 aliphatic rings. The topological polar surface area (TPSA) is 223 Å². The van der Waals surface area contributed by atoms with Gasteiger partial charge in [0.15, 0.2) is 0 Å². The Hall–Kier alpha value is 0.852. The van der Waals surface area contributed by atoms with E-state index >= 15 is 0 Å². The van der Waals surface area contributed by atoms with E-state index in [0.717, 1.165) is 0 Å². The van der Waals surface area contributed by atoms with Gasteiger partial charge >= 0.3 is 45.0 Å². The molecule has 0 atom stereocenters. The Bertz CT molecular complexity index is 95.3. The van der Waals surface area contributed by atoms with Crippen molar-refractivity contribution in [1.29, 1.82) is 0 Å². The summed E-state index contributed by atoms with van der Waals surface area (Å²) in [5.74, 6) is 0. The van der Waals surface area contributed by atoms with Crippen LogP contribution in [-0.4, -0.2) is 32.9 Å². The molecule has 0 fully saturated rings. The molecular formula is H12Br2CrO8. The van der Waals surface area contributed by atoms with E-state index in [4.69, 9.17) is 0 Å². The Morgan fingerprint density at radius 2 is 0.636 bits per heavy atom. The second kappa shape index (κ2) is 22.4. The first-order valence-electron chi connectivity index (χ1n) is 0.642. The van der Waals surface area contributed by atoms with E-state index in [1.54, 1.807) is 0 Å².